The molecule has 0 radical (unpaired) electrons. The molecule has 0 unspecified atom stereocenters. The van der Waals surface area contributed by atoms with E-state index in [2.05, 4.69) is 43.2 Å². The molecule has 162 valence electrons. The Hall–Kier alpha value is -2.75. The van der Waals surface area contributed by atoms with Crippen LogP contribution in [0.25, 0.3) is 16.5 Å². The lowest BCUT2D eigenvalue weighted by Crippen LogP contribution is -2.12. The highest BCUT2D eigenvalue weighted by molar-refractivity contribution is 6.09. The fraction of sp³-hybridized carbons (Fsp3) is 0.444. The molecule has 4 heteroatoms. The number of ketones is 2. The van der Waals surface area contributed by atoms with Crippen LogP contribution in [0.4, 0.5) is 0 Å². The van der Waals surface area contributed by atoms with Crippen molar-refractivity contribution in [3.05, 3.63) is 58.3 Å². The summed E-state index contributed by atoms with van der Waals surface area (Å²) >= 11 is 0. The van der Waals surface area contributed by atoms with Gasteiger partial charge in [0.05, 0.1) is 11.7 Å². The molecule has 0 bridgehead atoms. The van der Waals surface area contributed by atoms with Gasteiger partial charge in [0.2, 0.25) is 0 Å². The van der Waals surface area contributed by atoms with Crippen LogP contribution in [0.15, 0.2) is 47.2 Å². The minimum Gasteiger partial charge on any atom is -0.294 e. The van der Waals surface area contributed by atoms with Gasteiger partial charge in [0.25, 0.3) is 0 Å². The molecule has 31 heavy (non-hydrogen) atoms. The van der Waals surface area contributed by atoms with E-state index in [1.807, 2.05) is 24.7 Å². The van der Waals surface area contributed by atoms with E-state index in [1.165, 1.54) is 18.4 Å². The maximum absolute atomic E-state index is 13.4. The number of fused-ring (bicyclic) bond motifs is 1. The number of carbonyl (C=O) groups is 2. The van der Waals surface area contributed by atoms with Crippen molar-refractivity contribution >= 4 is 28.0 Å². The van der Waals surface area contributed by atoms with Crippen molar-refractivity contribution in [1.82, 2.24) is 9.78 Å². The molecule has 0 amide bonds. The highest BCUT2D eigenvalue weighted by Gasteiger charge is 2.21. The molecule has 2 aliphatic rings. The molecule has 1 aromatic carbocycles. The number of nitrogens with zero attached hydrogens (tertiary/aromatic N) is 2. The Labute approximate surface area is 184 Å². The largest absolute Gasteiger partial charge is 0.294 e. The van der Waals surface area contributed by atoms with Crippen molar-refractivity contribution in [1.29, 1.82) is 0 Å². The van der Waals surface area contributed by atoms with Crippen LogP contribution in [-0.2, 0) is 4.79 Å². The molecule has 0 spiro atoms. The monoisotopic (exact) mass is 416 g/mol. The lowest BCUT2D eigenvalue weighted by molar-refractivity contribution is -0.115. The van der Waals surface area contributed by atoms with Crippen molar-refractivity contribution in [3.63, 3.8) is 0 Å². The number of hydrogen-bond donors (Lipinski definition) is 0. The van der Waals surface area contributed by atoms with Gasteiger partial charge in [-0.05, 0) is 94.2 Å². The van der Waals surface area contributed by atoms with E-state index >= 15 is 0 Å². The van der Waals surface area contributed by atoms with Gasteiger partial charge >= 0.3 is 0 Å². The summed E-state index contributed by atoms with van der Waals surface area (Å²) in [5.74, 6) is 0.245. The van der Waals surface area contributed by atoms with Gasteiger partial charge in [-0.3, -0.25) is 14.3 Å². The van der Waals surface area contributed by atoms with Gasteiger partial charge in [0.1, 0.15) is 0 Å². The number of hydrogen-bond acceptors (Lipinski definition) is 3. The molecule has 4 rings (SSSR count). The summed E-state index contributed by atoms with van der Waals surface area (Å²) < 4.78 is 2.00. The average molecular weight is 417 g/mol. The zero-order valence-corrected chi connectivity index (χ0v) is 19.1. The maximum Gasteiger partial charge on any atom is 0.163 e. The molecule has 0 saturated carbocycles. The summed E-state index contributed by atoms with van der Waals surface area (Å²) in [6.45, 7) is 8.18. The second-order valence-corrected chi connectivity index (χ2v) is 9.29. The van der Waals surface area contributed by atoms with E-state index in [0.717, 1.165) is 51.6 Å². The zero-order valence-electron chi connectivity index (χ0n) is 19.1. The van der Waals surface area contributed by atoms with Crippen LogP contribution in [-0.4, -0.2) is 21.3 Å². The van der Waals surface area contributed by atoms with Crippen molar-refractivity contribution in [2.24, 2.45) is 0 Å². The van der Waals surface area contributed by atoms with Gasteiger partial charge in [-0.2, -0.15) is 5.10 Å². The predicted octanol–water partition coefficient (Wildman–Crippen LogP) is 6.77. The van der Waals surface area contributed by atoms with E-state index in [9.17, 15) is 9.59 Å². The molecule has 1 heterocycles. The Kier molecular flexibility index (Phi) is 6.08. The van der Waals surface area contributed by atoms with Gasteiger partial charge in [-0.25, -0.2) is 0 Å². The standard InChI is InChI=1S/C27H32N2O2/c1-17(2)29-25-15-21(20-8-6-5-7-9-20)14-23(24(25)16-28-29)26(30)11-10-22-19(4)12-18(3)13-27(22)31/h8,12,14-17H,5-7,9-11,13H2,1-4H3. The molecule has 0 atom stereocenters. The Morgan fingerprint density at radius 1 is 1.19 bits per heavy atom. The third-order valence-electron chi connectivity index (χ3n) is 6.48. The minimum absolute atomic E-state index is 0.0888. The first-order valence-electron chi connectivity index (χ1n) is 11.5. The highest BCUT2D eigenvalue weighted by atomic mass is 16.1. The van der Waals surface area contributed by atoms with Gasteiger partial charge in [-0.1, -0.05) is 17.7 Å². The minimum atomic E-state index is 0.0888. The van der Waals surface area contributed by atoms with E-state index in [1.54, 1.807) is 0 Å². The Bertz CT molecular complexity index is 1140. The SMILES string of the molecule is CC1=CC(C)=C(CCC(=O)c2cc(C3=CCCCC3)cc3c2cnn3C(C)C)C(=O)C1. The second kappa shape index (κ2) is 8.78. The molecule has 0 saturated heterocycles. The molecule has 1 aromatic heterocycles. The van der Waals surface area contributed by atoms with Crippen LogP contribution in [0.5, 0.6) is 0 Å². The Balaban J connectivity index is 1.70. The van der Waals surface area contributed by atoms with E-state index in [0.29, 0.717) is 19.3 Å². The van der Waals surface area contributed by atoms with Crippen molar-refractivity contribution in [3.8, 4) is 0 Å². The zero-order chi connectivity index (χ0) is 22.1. The molecule has 0 fully saturated rings. The van der Waals surface area contributed by atoms with Gasteiger partial charge in [0.15, 0.2) is 11.6 Å². The summed E-state index contributed by atoms with van der Waals surface area (Å²) in [5.41, 5.74) is 7.12. The molecule has 0 aliphatic heterocycles. The van der Waals surface area contributed by atoms with Gasteiger partial charge in [0, 0.05) is 29.8 Å². The smallest absolute Gasteiger partial charge is 0.163 e. The maximum atomic E-state index is 13.4. The normalized spacial score (nSPS) is 17.4. The van der Waals surface area contributed by atoms with Gasteiger partial charge < -0.3 is 0 Å². The summed E-state index contributed by atoms with van der Waals surface area (Å²) in [6, 6.07) is 4.47. The number of aromatic nitrogens is 2. The summed E-state index contributed by atoms with van der Waals surface area (Å²) in [6.07, 6.45) is 12.1. The Morgan fingerprint density at radius 3 is 2.68 bits per heavy atom. The van der Waals surface area contributed by atoms with Crippen LogP contribution in [0.3, 0.4) is 0 Å². The number of benzene rings is 1. The fourth-order valence-corrected chi connectivity index (χ4v) is 4.87. The first-order chi connectivity index (χ1) is 14.8. The van der Waals surface area contributed by atoms with E-state index in [-0.39, 0.29) is 17.6 Å². The third-order valence-corrected chi connectivity index (χ3v) is 6.48. The first-order valence-corrected chi connectivity index (χ1v) is 11.5. The van der Waals surface area contributed by atoms with Crippen molar-refractivity contribution in [2.75, 3.05) is 0 Å². The fourth-order valence-electron chi connectivity index (χ4n) is 4.87. The molecular weight excluding hydrogens is 384 g/mol. The number of Topliss-reactive ketones (excluding diaryl/α,β-unsaturated/α-hetero) is 2. The van der Waals surface area contributed by atoms with E-state index < -0.39 is 0 Å². The quantitative estimate of drug-likeness (QED) is 0.488. The topological polar surface area (TPSA) is 52.0 Å². The summed E-state index contributed by atoms with van der Waals surface area (Å²) in [4.78, 5) is 25.9. The van der Waals surface area contributed by atoms with Crippen LogP contribution in [0, 0.1) is 0 Å². The summed E-state index contributed by atoms with van der Waals surface area (Å²) in [5, 5.41) is 5.49. The molecule has 0 N–H and O–H groups in total. The molecule has 2 aromatic rings. The average Bonchev–Trinajstić information content (AvgIpc) is 3.17. The number of rotatable bonds is 6. The molecule has 4 nitrogen and oxygen atoms in total. The van der Waals surface area contributed by atoms with Crippen molar-refractivity contribution < 1.29 is 9.59 Å². The molecule has 2 aliphatic carbocycles. The first kappa shape index (κ1) is 21.5. The second-order valence-electron chi connectivity index (χ2n) is 9.29. The number of allylic oxidation sites excluding steroid dienone is 6. The lowest BCUT2D eigenvalue weighted by atomic mass is 9.87. The van der Waals surface area contributed by atoms with Crippen LogP contribution in [0.2, 0.25) is 0 Å². The predicted molar refractivity (Wildman–Crippen MR) is 126 cm³/mol. The van der Waals surface area contributed by atoms with Crippen molar-refractivity contribution in [2.45, 2.75) is 78.7 Å². The highest BCUT2D eigenvalue weighted by Crippen LogP contribution is 2.33. The van der Waals surface area contributed by atoms with Crippen LogP contribution >= 0.6 is 0 Å². The lowest BCUT2D eigenvalue weighted by Gasteiger charge is -2.17. The molecular formula is C27H32N2O2. The Morgan fingerprint density at radius 2 is 2.00 bits per heavy atom. The third kappa shape index (κ3) is 4.34. The van der Waals surface area contributed by atoms with Crippen LogP contribution in [0.1, 0.15) is 94.6 Å². The van der Waals surface area contributed by atoms with Gasteiger partial charge in [-0.15, -0.1) is 0 Å². The number of carbonyl (C=O) groups excluding carboxylic acids is 2. The van der Waals surface area contributed by atoms with E-state index in [4.69, 9.17) is 0 Å². The summed E-state index contributed by atoms with van der Waals surface area (Å²) in [7, 11) is 0. The van der Waals surface area contributed by atoms with Crippen LogP contribution < -0.4 is 0 Å².